The summed E-state index contributed by atoms with van der Waals surface area (Å²) < 4.78 is 0. The third-order valence-electron chi connectivity index (χ3n) is 13.1. The Bertz CT molecular complexity index is 1270. The molecule has 3 saturated carbocycles. The van der Waals surface area contributed by atoms with Crippen molar-refractivity contribution in [3.8, 4) is 11.1 Å². The Morgan fingerprint density at radius 3 is 1.05 bits per heavy atom. The molecular weight excluding hydrogens is 739 g/mol. The predicted octanol–water partition coefficient (Wildman–Crippen LogP) is 7.50. The molecule has 3 aliphatic carbocycles. The van der Waals surface area contributed by atoms with Crippen LogP contribution in [0.15, 0.2) is 42.5 Å². The maximum atomic E-state index is 3.77. The summed E-state index contributed by atoms with van der Waals surface area (Å²) in [7, 11) is 0. The van der Waals surface area contributed by atoms with E-state index in [9.17, 15) is 0 Å². The Balaban J connectivity index is 0.981. The van der Waals surface area contributed by atoms with Gasteiger partial charge in [-0.3, -0.25) is 0 Å². The predicted molar refractivity (Wildman–Crippen MR) is 258 cm³/mol. The van der Waals surface area contributed by atoms with Gasteiger partial charge in [0.15, 0.2) is 0 Å². The molecule has 0 unspecified atom stereocenters. The van der Waals surface area contributed by atoms with E-state index in [1.54, 1.807) is 0 Å². The molecule has 3 aliphatic rings. The molecule has 9 nitrogen and oxygen atoms in total. The molecule has 0 aliphatic heterocycles. The molecule has 3 fully saturated rings. The van der Waals surface area contributed by atoms with Gasteiger partial charge >= 0.3 is 0 Å². The van der Waals surface area contributed by atoms with E-state index < -0.39 is 0 Å². The van der Waals surface area contributed by atoms with Crippen LogP contribution in [0.1, 0.15) is 152 Å². The first-order valence-electron chi connectivity index (χ1n) is 25.5. The summed E-state index contributed by atoms with van der Waals surface area (Å²) in [6, 6.07) is 18.7. The highest BCUT2D eigenvalue weighted by Crippen LogP contribution is 2.24. The Labute approximate surface area is 368 Å². The van der Waals surface area contributed by atoms with E-state index >= 15 is 0 Å². The minimum Gasteiger partial charge on any atom is -0.317 e. The van der Waals surface area contributed by atoms with Crippen LogP contribution in [-0.2, 0) is 19.6 Å². The third kappa shape index (κ3) is 22.4. The van der Waals surface area contributed by atoms with Gasteiger partial charge in [-0.05, 0) is 202 Å². The molecule has 0 atom stereocenters. The summed E-state index contributed by atoms with van der Waals surface area (Å²) in [6.45, 7) is 15.8. The Hall–Kier alpha value is -1.92. The molecule has 0 heterocycles. The van der Waals surface area contributed by atoms with Crippen molar-refractivity contribution in [1.82, 2.24) is 47.9 Å². The maximum absolute atomic E-state index is 3.77. The minimum atomic E-state index is 0.769. The number of rotatable bonds is 34. The molecule has 0 bridgehead atoms. The number of nitrogens with one attached hydrogen (secondary N) is 9. The average Bonchev–Trinajstić information content (AvgIpc) is 3.29. The van der Waals surface area contributed by atoms with E-state index in [1.165, 1.54) is 143 Å². The molecule has 5 rings (SSSR count). The lowest BCUT2D eigenvalue weighted by Gasteiger charge is -2.22. The van der Waals surface area contributed by atoms with Gasteiger partial charge in [0.25, 0.3) is 0 Å². The van der Waals surface area contributed by atoms with E-state index in [-0.39, 0.29) is 0 Å². The van der Waals surface area contributed by atoms with Gasteiger partial charge in [-0.15, -0.1) is 0 Å². The first kappa shape index (κ1) is 49.1. The lowest BCUT2D eigenvalue weighted by atomic mass is 9.95. The molecule has 0 spiro atoms. The van der Waals surface area contributed by atoms with Gasteiger partial charge in [-0.25, -0.2) is 0 Å². The van der Waals surface area contributed by atoms with Gasteiger partial charge < -0.3 is 47.9 Å². The molecule has 2 aromatic rings. The SMILES string of the molecule is c1cc(CNCCCNCCCNC2CCCCC2)cc(-c2cc(CNCCCNCCCNC3CCCCC3)cc(CNCCCNCCCNC3CCCCC3)c2)c1. The van der Waals surface area contributed by atoms with Crippen LogP contribution in [0.25, 0.3) is 11.1 Å². The van der Waals surface area contributed by atoms with Gasteiger partial charge in [0.1, 0.15) is 0 Å². The van der Waals surface area contributed by atoms with E-state index in [2.05, 4.69) is 90.3 Å². The van der Waals surface area contributed by atoms with Crippen molar-refractivity contribution in [2.24, 2.45) is 0 Å². The summed E-state index contributed by atoms with van der Waals surface area (Å²) in [6.07, 6.45) is 28.1. The zero-order valence-electron chi connectivity index (χ0n) is 38.2. The van der Waals surface area contributed by atoms with Crippen molar-refractivity contribution in [1.29, 1.82) is 0 Å². The normalized spacial score (nSPS) is 17.1. The number of hydrogen-bond acceptors (Lipinski definition) is 9. The highest BCUT2D eigenvalue weighted by atomic mass is 14.9. The van der Waals surface area contributed by atoms with Gasteiger partial charge in [0, 0.05) is 37.8 Å². The zero-order chi connectivity index (χ0) is 41.4. The van der Waals surface area contributed by atoms with Crippen molar-refractivity contribution in [3.05, 3.63) is 59.2 Å². The standard InChI is InChI=1S/C51H91N9/c1-4-19-49(20-5-1)58-34-14-28-52-25-11-31-55-41-44-17-10-18-47(38-44)48-39-45(42-56-32-12-26-53-29-15-35-59-50-21-6-2-7-22-50)37-46(40-48)43-57-33-13-27-54-30-16-36-60-51-23-8-3-9-24-51/h10,17-18,37-40,49-60H,1-9,11-16,19-36,41-43H2. The lowest BCUT2D eigenvalue weighted by Crippen LogP contribution is -2.33. The molecule has 0 aromatic heterocycles. The fraction of sp³-hybridized carbons (Fsp3) is 0.765. The molecule has 2 aromatic carbocycles. The van der Waals surface area contributed by atoms with Crippen LogP contribution >= 0.6 is 0 Å². The van der Waals surface area contributed by atoms with Crippen LogP contribution in [0.5, 0.6) is 0 Å². The molecular formula is C51H91N9. The molecule has 60 heavy (non-hydrogen) atoms. The summed E-state index contributed by atoms with van der Waals surface area (Å²) >= 11 is 0. The average molecular weight is 830 g/mol. The van der Waals surface area contributed by atoms with Crippen LogP contribution < -0.4 is 47.9 Å². The second kappa shape index (κ2) is 32.7. The van der Waals surface area contributed by atoms with Crippen LogP contribution in [0.3, 0.4) is 0 Å². The van der Waals surface area contributed by atoms with Crippen molar-refractivity contribution < 1.29 is 0 Å². The van der Waals surface area contributed by atoms with Gasteiger partial charge in [-0.1, -0.05) is 82.1 Å². The maximum Gasteiger partial charge on any atom is 0.0205 e. The van der Waals surface area contributed by atoms with Crippen molar-refractivity contribution in [2.45, 2.75) is 173 Å². The first-order valence-corrected chi connectivity index (χ1v) is 25.5. The van der Waals surface area contributed by atoms with E-state index in [0.717, 1.165) is 136 Å². The fourth-order valence-corrected chi connectivity index (χ4v) is 9.56. The zero-order valence-corrected chi connectivity index (χ0v) is 38.2. The van der Waals surface area contributed by atoms with E-state index in [1.807, 2.05) is 0 Å². The first-order chi connectivity index (χ1) is 29.8. The van der Waals surface area contributed by atoms with Crippen LogP contribution in [0.2, 0.25) is 0 Å². The monoisotopic (exact) mass is 830 g/mol. The topological polar surface area (TPSA) is 108 Å². The summed E-state index contributed by atoms with van der Waals surface area (Å²) in [5.41, 5.74) is 6.73. The summed E-state index contributed by atoms with van der Waals surface area (Å²) in [5.74, 6) is 0. The smallest absolute Gasteiger partial charge is 0.0205 e. The number of hydrogen-bond donors (Lipinski definition) is 9. The Kier molecular flexibility index (Phi) is 26.8. The van der Waals surface area contributed by atoms with Crippen LogP contribution in [-0.4, -0.2) is 96.7 Å². The summed E-state index contributed by atoms with van der Waals surface area (Å²) in [5, 5.41) is 33.5. The minimum absolute atomic E-state index is 0.769. The van der Waals surface area contributed by atoms with Gasteiger partial charge in [-0.2, -0.15) is 0 Å². The van der Waals surface area contributed by atoms with Crippen molar-refractivity contribution >= 4 is 0 Å². The quantitative estimate of drug-likeness (QED) is 0.0332. The van der Waals surface area contributed by atoms with E-state index in [4.69, 9.17) is 0 Å². The highest BCUT2D eigenvalue weighted by molar-refractivity contribution is 5.66. The number of benzene rings is 2. The largest absolute Gasteiger partial charge is 0.317 e. The molecule has 340 valence electrons. The van der Waals surface area contributed by atoms with Crippen LogP contribution in [0.4, 0.5) is 0 Å². The second-order valence-electron chi connectivity index (χ2n) is 18.5. The molecule has 0 radical (unpaired) electrons. The Morgan fingerprint density at radius 2 is 0.650 bits per heavy atom. The van der Waals surface area contributed by atoms with Crippen molar-refractivity contribution in [3.63, 3.8) is 0 Å². The lowest BCUT2D eigenvalue weighted by molar-refractivity contribution is 0.371. The Morgan fingerprint density at radius 1 is 0.317 bits per heavy atom. The molecule has 0 amide bonds. The van der Waals surface area contributed by atoms with E-state index in [0.29, 0.717) is 0 Å². The molecule has 9 heteroatoms. The second-order valence-corrected chi connectivity index (χ2v) is 18.5. The molecule has 0 saturated heterocycles. The van der Waals surface area contributed by atoms with Crippen LogP contribution in [0, 0.1) is 0 Å². The summed E-state index contributed by atoms with van der Waals surface area (Å²) in [4.78, 5) is 0. The third-order valence-corrected chi connectivity index (χ3v) is 13.1. The van der Waals surface area contributed by atoms with Crippen molar-refractivity contribution in [2.75, 3.05) is 78.5 Å². The molecule has 9 N–H and O–H groups in total. The van der Waals surface area contributed by atoms with Gasteiger partial charge in [0.2, 0.25) is 0 Å². The highest BCUT2D eigenvalue weighted by Gasteiger charge is 2.14. The van der Waals surface area contributed by atoms with Gasteiger partial charge in [0.05, 0.1) is 0 Å². The fourth-order valence-electron chi connectivity index (χ4n) is 9.56.